The largest absolute Gasteiger partial charge is 0.481 e. The van der Waals surface area contributed by atoms with Gasteiger partial charge in [0.15, 0.2) is 0 Å². The molecule has 1 aliphatic heterocycles. The molecule has 138 valence electrons. The molecular formula is C18H25NO6. The Hall–Kier alpha value is -2.05. The molecule has 3 rings (SSSR count). The summed E-state index contributed by atoms with van der Waals surface area (Å²) in [5.41, 5.74) is 0.405. The van der Waals surface area contributed by atoms with E-state index in [4.69, 9.17) is 9.47 Å². The van der Waals surface area contributed by atoms with E-state index in [9.17, 15) is 19.5 Å². The van der Waals surface area contributed by atoms with Gasteiger partial charge in [-0.3, -0.25) is 9.59 Å². The number of nitrogens with one attached hydrogen (secondary N) is 1. The van der Waals surface area contributed by atoms with Crippen molar-refractivity contribution >= 4 is 18.0 Å². The maximum Gasteiger partial charge on any atom is 0.407 e. The molecule has 1 saturated heterocycles. The molecule has 3 aliphatic rings. The molecular weight excluding hydrogens is 326 g/mol. The van der Waals surface area contributed by atoms with Crippen LogP contribution >= 0.6 is 0 Å². The van der Waals surface area contributed by atoms with Crippen molar-refractivity contribution < 1.29 is 29.0 Å². The highest BCUT2D eigenvalue weighted by Crippen LogP contribution is 2.56. The van der Waals surface area contributed by atoms with E-state index in [1.807, 2.05) is 13.0 Å². The number of cyclic esters (lactones) is 1. The third-order valence-corrected chi connectivity index (χ3v) is 6.06. The van der Waals surface area contributed by atoms with Crippen molar-refractivity contribution in [2.45, 2.75) is 52.2 Å². The number of rotatable bonds is 3. The Morgan fingerprint density at radius 1 is 1.48 bits per heavy atom. The Kier molecular flexibility index (Phi) is 4.51. The van der Waals surface area contributed by atoms with E-state index in [0.717, 1.165) is 5.57 Å². The van der Waals surface area contributed by atoms with Gasteiger partial charge in [0.05, 0.1) is 18.4 Å². The minimum absolute atomic E-state index is 0.112. The molecule has 0 aromatic carbocycles. The topological polar surface area (TPSA) is 102 Å². The van der Waals surface area contributed by atoms with Crippen molar-refractivity contribution in [3.63, 3.8) is 0 Å². The third-order valence-electron chi connectivity index (χ3n) is 6.06. The van der Waals surface area contributed by atoms with Crippen LogP contribution in [0.5, 0.6) is 0 Å². The smallest absolute Gasteiger partial charge is 0.407 e. The van der Waals surface area contributed by atoms with Gasteiger partial charge in [0.25, 0.3) is 0 Å². The fourth-order valence-corrected chi connectivity index (χ4v) is 4.84. The Bertz CT molecular complexity index is 629. The fourth-order valence-electron chi connectivity index (χ4n) is 4.84. The molecule has 0 bridgehead atoms. The Balaban J connectivity index is 1.89. The molecule has 0 aromatic heterocycles. The van der Waals surface area contributed by atoms with Gasteiger partial charge in [0, 0.05) is 17.4 Å². The number of ether oxygens (including phenoxy) is 2. The SMILES string of the molecule is CCOC(=O)N[C@@H]1CC[C@]2(C)C(=C[C@H]3C(=O)O[C@H](C)[C@H]3[C@H]2C(=O)O)C1. The van der Waals surface area contributed by atoms with Gasteiger partial charge in [0.1, 0.15) is 6.10 Å². The molecule has 7 heteroatoms. The molecule has 0 radical (unpaired) electrons. The van der Waals surface area contributed by atoms with E-state index >= 15 is 0 Å². The summed E-state index contributed by atoms with van der Waals surface area (Å²) in [6, 6.07) is -0.112. The summed E-state index contributed by atoms with van der Waals surface area (Å²) >= 11 is 0. The van der Waals surface area contributed by atoms with E-state index in [1.165, 1.54) is 0 Å². The molecule has 0 spiro atoms. The van der Waals surface area contributed by atoms with Crippen LogP contribution in [0.2, 0.25) is 0 Å². The lowest BCUT2D eigenvalue weighted by atomic mass is 9.54. The number of amides is 1. The average Bonchev–Trinajstić information content (AvgIpc) is 2.79. The molecule has 1 amide bonds. The summed E-state index contributed by atoms with van der Waals surface area (Å²) in [6.45, 7) is 5.78. The van der Waals surface area contributed by atoms with Crippen LogP contribution in [-0.4, -0.2) is 41.9 Å². The van der Waals surface area contributed by atoms with Gasteiger partial charge in [0.2, 0.25) is 0 Å². The summed E-state index contributed by atoms with van der Waals surface area (Å²) in [5, 5.41) is 12.7. The summed E-state index contributed by atoms with van der Waals surface area (Å²) < 4.78 is 10.3. The zero-order valence-electron chi connectivity index (χ0n) is 14.8. The van der Waals surface area contributed by atoms with Crippen molar-refractivity contribution in [1.29, 1.82) is 0 Å². The lowest BCUT2D eigenvalue weighted by Gasteiger charge is -2.49. The van der Waals surface area contributed by atoms with Crippen LogP contribution in [0.1, 0.15) is 40.0 Å². The van der Waals surface area contributed by atoms with Gasteiger partial charge in [-0.25, -0.2) is 4.79 Å². The third kappa shape index (κ3) is 2.89. The van der Waals surface area contributed by atoms with Crippen LogP contribution in [0, 0.1) is 23.2 Å². The molecule has 1 saturated carbocycles. The molecule has 1 heterocycles. The maximum atomic E-state index is 12.2. The number of fused-ring (bicyclic) bond motifs is 2. The van der Waals surface area contributed by atoms with E-state index < -0.39 is 35.4 Å². The van der Waals surface area contributed by atoms with Gasteiger partial charge in [-0.2, -0.15) is 0 Å². The second-order valence-corrected chi connectivity index (χ2v) is 7.47. The van der Waals surface area contributed by atoms with Gasteiger partial charge in [-0.05, 0) is 33.1 Å². The van der Waals surface area contributed by atoms with Crippen molar-refractivity contribution in [1.82, 2.24) is 5.32 Å². The molecule has 2 fully saturated rings. The summed E-state index contributed by atoms with van der Waals surface area (Å²) in [7, 11) is 0. The highest BCUT2D eigenvalue weighted by atomic mass is 16.6. The standard InChI is InChI=1S/C18H25NO6/c1-4-24-17(23)19-11-5-6-18(3)10(7-11)8-12-13(14(18)15(20)21)9(2)25-16(12)22/h8-9,11-14H,4-7H2,1-3H3,(H,19,23)(H,20,21)/t9-,11-,12-,13-,14+,18-/m1/s1. The van der Waals surface area contributed by atoms with E-state index in [1.54, 1.807) is 13.8 Å². The first-order chi connectivity index (χ1) is 11.8. The quantitative estimate of drug-likeness (QED) is 0.596. The maximum absolute atomic E-state index is 12.2. The molecule has 25 heavy (non-hydrogen) atoms. The first kappa shape index (κ1) is 17.8. The van der Waals surface area contributed by atoms with E-state index in [2.05, 4.69) is 5.32 Å². The summed E-state index contributed by atoms with van der Waals surface area (Å²) in [4.78, 5) is 35.9. The van der Waals surface area contributed by atoms with Crippen LogP contribution in [0.3, 0.4) is 0 Å². The second kappa shape index (κ2) is 6.35. The first-order valence-electron chi connectivity index (χ1n) is 8.85. The zero-order chi connectivity index (χ0) is 18.4. The number of carboxylic acid groups (broad SMARTS) is 1. The molecule has 0 aromatic rings. The van der Waals surface area contributed by atoms with Gasteiger partial charge in [-0.15, -0.1) is 0 Å². The lowest BCUT2D eigenvalue weighted by Crippen LogP contribution is -2.51. The highest BCUT2D eigenvalue weighted by molar-refractivity contribution is 5.82. The Morgan fingerprint density at radius 2 is 2.20 bits per heavy atom. The normalized spacial score (nSPS) is 39.6. The second-order valence-electron chi connectivity index (χ2n) is 7.47. The minimum atomic E-state index is -0.884. The highest BCUT2D eigenvalue weighted by Gasteiger charge is 2.59. The number of carbonyl (C=O) groups is 3. The van der Waals surface area contributed by atoms with Crippen LogP contribution < -0.4 is 5.32 Å². The van der Waals surface area contributed by atoms with Gasteiger partial charge in [-0.1, -0.05) is 18.6 Å². The van der Waals surface area contributed by atoms with Crippen molar-refractivity contribution in [3.8, 4) is 0 Å². The molecule has 6 atom stereocenters. The van der Waals surface area contributed by atoms with Gasteiger partial charge < -0.3 is 19.9 Å². The molecule has 0 unspecified atom stereocenters. The molecule has 2 aliphatic carbocycles. The Labute approximate surface area is 146 Å². The minimum Gasteiger partial charge on any atom is -0.481 e. The van der Waals surface area contributed by atoms with Crippen LogP contribution in [0.15, 0.2) is 11.6 Å². The lowest BCUT2D eigenvalue weighted by molar-refractivity contribution is -0.151. The number of aliphatic carboxylic acids is 1. The van der Waals surface area contributed by atoms with E-state index in [0.29, 0.717) is 25.9 Å². The van der Waals surface area contributed by atoms with Crippen molar-refractivity contribution in [2.24, 2.45) is 23.2 Å². The number of carbonyl (C=O) groups excluding carboxylic acids is 2. The van der Waals surface area contributed by atoms with Gasteiger partial charge >= 0.3 is 18.0 Å². The number of hydrogen-bond donors (Lipinski definition) is 2. The van der Waals surface area contributed by atoms with E-state index in [-0.39, 0.29) is 17.9 Å². The zero-order valence-corrected chi connectivity index (χ0v) is 14.8. The first-order valence-corrected chi connectivity index (χ1v) is 8.85. The predicted molar refractivity (Wildman–Crippen MR) is 87.6 cm³/mol. The van der Waals surface area contributed by atoms with Crippen LogP contribution in [0.4, 0.5) is 4.79 Å². The fraction of sp³-hybridized carbons (Fsp3) is 0.722. The average molecular weight is 351 g/mol. The summed E-state index contributed by atoms with van der Waals surface area (Å²) in [6.07, 6.45) is 2.88. The number of esters is 1. The predicted octanol–water partition coefficient (Wildman–Crippen LogP) is 2.11. The number of hydrogen-bond acceptors (Lipinski definition) is 5. The monoisotopic (exact) mass is 351 g/mol. The Morgan fingerprint density at radius 3 is 2.84 bits per heavy atom. The summed E-state index contributed by atoms with van der Waals surface area (Å²) in [5.74, 6) is -2.75. The van der Waals surface area contributed by atoms with Crippen molar-refractivity contribution in [3.05, 3.63) is 11.6 Å². The number of carboxylic acids is 1. The molecule has 2 N–H and O–H groups in total. The van der Waals surface area contributed by atoms with Crippen molar-refractivity contribution in [2.75, 3.05) is 6.61 Å². The molecule has 7 nitrogen and oxygen atoms in total. The van der Waals surface area contributed by atoms with Crippen LogP contribution in [0.25, 0.3) is 0 Å². The van der Waals surface area contributed by atoms with Crippen LogP contribution in [-0.2, 0) is 19.1 Å². The number of alkyl carbamates (subject to hydrolysis) is 1.